The van der Waals surface area contributed by atoms with Gasteiger partial charge in [0.25, 0.3) is 0 Å². The maximum absolute atomic E-state index is 14.3. The Morgan fingerprint density at radius 2 is 1.71 bits per heavy atom. The highest BCUT2D eigenvalue weighted by atomic mass is 16.7. The number of methoxy groups -OCH3 is 1. The molecule has 18 heteroatoms. The number of fused-ring (bicyclic) bond motifs is 1. The number of nitrogens with zero attached hydrogens (tertiary/aromatic N) is 3. The van der Waals surface area contributed by atoms with Gasteiger partial charge < -0.3 is 68.4 Å². The number of para-hydroxylation sites is 1. The fourth-order valence-electron chi connectivity index (χ4n) is 10.3. The van der Waals surface area contributed by atoms with Crippen LogP contribution in [0.4, 0.5) is 0 Å². The summed E-state index contributed by atoms with van der Waals surface area (Å²) in [6.45, 7) is 11.1. The summed E-state index contributed by atoms with van der Waals surface area (Å²) in [6, 6.07) is 8.99. The second kappa shape index (κ2) is 26.1. The molecule has 3 fully saturated rings. The van der Waals surface area contributed by atoms with Crippen LogP contribution in [0.2, 0.25) is 0 Å². The van der Waals surface area contributed by atoms with Crippen LogP contribution in [0, 0.1) is 11.8 Å². The Balaban J connectivity index is 1.43. The predicted octanol–water partition coefficient (Wildman–Crippen LogP) is 3.71. The lowest BCUT2D eigenvalue weighted by Gasteiger charge is -2.50. The molecule has 0 bridgehead atoms. The van der Waals surface area contributed by atoms with E-state index in [9.17, 15) is 34.5 Å². The third-order valence-corrected chi connectivity index (χ3v) is 14.1. The quantitative estimate of drug-likeness (QED) is 0.139. The highest BCUT2D eigenvalue weighted by Crippen LogP contribution is 2.38. The molecule has 1 amide bonds. The number of carbonyl (C=O) groups is 4. The van der Waals surface area contributed by atoms with Crippen LogP contribution in [0.15, 0.2) is 36.5 Å². The molecule has 3 saturated heterocycles. The fourth-order valence-corrected chi connectivity index (χ4v) is 10.3. The van der Waals surface area contributed by atoms with E-state index < -0.39 is 97.0 Å². The van der Waals surface area contributed by atoms with E-state index in [1.807, 2.05) is 49.3 Å². The highest BCUT2D eigenvalue weighted by molar-refractivity contribution is 5.81. The van der Waals surface area contributed by atoms with Gasteiger partial charge >= 0.3 is 11.9 Å². The summed E-state index contributed by atoms with van der Waals surface area (Å²) >= 11 is 0. The van der Waals surface area contributed by atoms with Gasteiger partial charge in [-0.2, -0.15) is 0 Å². The maximum atomic E-state index is 14.3. The van der Waals surface area contributed by atoms with Gasteiger partial charge in [0, 0.05) is 57.0 Å². The van der Waals surface area contributed by atoms with Crippen LogP contribution in [0.25, 0.3) is 10.9 Å². The number of rotatable bonds is 16. The minimum absolute atomic E-state index is 0.0110. The van der Waals surface area contributed by atoms with Gasteiger partial charge in [-0.15, -0.1) is 0 Å². The lowest BCUT2D eigenvalue weighted by Crippen LogP contribution is -2.66. The normalized spacial score (nSPS) is 35.7. The van der Waals surface area contributed by atoms with Crippen LogP contribution in [0.5, 0.6) is 0 Å². The van der Waals surface area contributed by atoms with Crippen molar-refractivity contribution in [2.75, 3.05) is 41.3 Å². The predicted molar refractivity (Wildman–Crippen MR) is 256 cm³/mol. The van der Waals surface area contributed by atoms with Gasteiger partial charge in [0.05, 0.1) is 42.4 Å². The van der Waals surface area contributed by atoms with Crippen molar-refractivity contribution in [2.45, 2.75) is 191 Å². The molecular weight excluding hydrogens is 893 g/mol. The second-order valence-electron chi connectivity index (χ2n) is 19.9. The number of aromatic nitrogens is 1. The van der Waals surface area contributed by atoms with E-state index in [0.717, 1.165) is 30.0 Å². The van der Waals surface area contributed by atoms with Gasteiger partial charge in [-0.3, -0.25) is 19.4 Å². The molecular formula is C51H80N4O14. The zero-order valence-electron chi connectivity index (χ0n) is 42.4. The summed E-state index contributed by atoms with van der Waals surface area (Å²) in [5.41, 5.74) is 0.588. The van der Waals surface area contributed by atoms with E-state index in [0.29, 0.717) is 25.9 Å². The summed E-state index contributed by atoms with van der Waals surface area (Å²) in [5, 5.41) is 39.7. The van der Waals surface area contributed by atoms with Crippen LogP contribution in [0.1, 0.15) is 105 Å². The minimum atomic E-state index is -1.50. The van der Waals surface area contributed by atoms with Gasteiger partial charge in [0.2, 0.25) is 5.91 Å². The highest BCUT2D eigenvalue weighted by Gasteiger charge is 2.53. The third kappa shape index (κ3) is 15.2. The number of aliphatic hydroxyl groups is 3. The molecule has 16 atom stereocenters. The second-order valence-corrected chi connectivity index (χ2v) is 19.9. The fraction of sp³-hybridized carbons (Fsp3) is 0.745. The smallest absolute Gasteiger partial charge is 0.305 e. The molecule has 4 N–H and O–H groups in total. The number of nitrogens with one attached hydrogen (secondary N) is 1. The third-order valence-electron chi connectivity index (χ3n) is 14.1. The molecule has 1 aromatic heterocycles. The molecule has 1 aromatic carbocycles. The zero-order valence-corrected chi connectivity index (χ0v) is 42.4. The number of pyridine rings is 1. The number of ether oxygens (including phenoxy) is 7. The van der Waals surface area contributed by atoms with Gasteiger partial charge in [-0.1, -0.05) is 39.0 Å². The average Bonchev–Trinajstić information content (AvgIpc) is 3.29. The van der Waals surface area contributed by atoms with E-state index >= 15 is 0 Å². The van der Waals surface area contributed by atoms with Gasteiger partial charge in [0.15, 0.2) is 18.7 Å². The Hall–Kier alpha value is -3.69. The molecule has 4 heterocycles. The van der Waals surface area contributed by atoms with E-state index in [4.69, 9.17) is 33.2 Å². The van der Waals surface area contributed by atoms with Gasteiger partial charge in [-0.25, -0.2) is 0 Å². The first kappa shape index (κ1) is 56.2. The number of aldehydes is 1. The van der Waals surface area contributed by atoms with Gasteiger partial charge in [-0.05, 0) is 110 Å². The summed E-state index contributed by atoms with van der Waals surface area (Å²) in [7, 11) is 6.88. The lowest BCUT2D eigenvalue weighted by atomic mass is 9.82. The van der Waals surface area contributed by atoms with Crippen LogP contribution in [0.3, 0.4) is 0 Å². The van der Waals surface area contributed by atoms with Crippen molar-refractivity contribution in [1.29, 1.82) is 0 Å². The first-order valence-electron chi connectivity index (χ1n) is 24.8. The molecule has 388 valence electrons. The van der Waals surface area contributed by atoms with Crippen molar-refractivity contribution in [1.82, 2.24) is 20.1 Å². The summed E-state index contributed by atoms with van der Waals surface area (Å²) in [4.78, 5) is 60.6. The Morgan fingerprint density at radius 3 is 2.38 bits per heavy atom. The van der Waals surface area contributed by atoms with Crippen LogP contribution in [-0.4, -0.2) is 181 Å². The SMILES string of the molecule is CCC(=O)O[C@@H]1CC(=O)NC(CCCc2ccnc3ccccc23)CCN(C)C[C@H](O)[C@H](C)C[C@H](CC=O)[C@H](O[C@@H]2OC(C)[C@@H](O[C@H]3CC(C)(O)[C@@H](OC(=O)CC)C(C)O3)C(N(C)C)C2O)[C@H]1OC. The van der Waals surface area contributed by atoms with Crippen molar-refractivity contribution in [3.05, 3.63) is 42.1 Å². The van der Waals surface area contributed by atoms with Crippen molar-refractivity contribution < 1.29 is 67.7 Å². The number of amides is 1. The number of carbonyl (C=O) groups excluding carboxylic acids is 4. The molecule has 0 aliphatic carbocycles. The molecule has 0 spiro atoms. The van der Waals surface area contributed by atoms with E-state index in [1.165, 1.54) is 12.7 Å². The number of benzene rings is 1. The Kier molecular flexibility index (Phi) is 21.3. The molecule has 3 aliphatic rings. The number of aliphatic hydroxyl groups excluding tert-OH is 2. The molecule has 3 aliphatic heterocycles. The largest absolute Gasteiger partial charge is 0.459 e. The number of β-amino-alcohol motifs (C(OH)–C–C–N with tert-alkyl or cyclic N) is 1. The lowest BCUT2D eigenvalue weighted by molar-refractivity contribution is -0.344. The number of hydrogen-bond donors (Lipinski definition) is 4. The number of aryl methyl sites for hydroxylation is 1. The average molecular weight is 973 g/mol. The molecule has 6 unspecified atom stereocenters. The van der Waals surface area contributed by atoms with E-state index in [1.54, 1.807) is 53.6 Å². The minimum Gasteiger partial charge on any atom is -0.459 e. The zero-order chi connectivity index (χ0) is 50.6. The van der Waals surface area contributed by atoms with E-state index in [2.05, 4.69) is 16.4 Å². The topological polar surface area (TPSA) is 225 Å². The Bertz CT molecular complexity index is 1950. The molecule has 0 radical (unpaired) electrons. The maximum Gasteiger partial charge on any atom is 0.305 e. The van der Waals surface area contributed by atoms with Crippen LogP contribution in [-0.2, 0) is 58.8 Å². The molecule has 69 heavy (non-hydrogen) atoms. The van der Waals surface area contributed by atoms with Crippen molar-refractivity contribution in [2.24, 2.45) is 11.8 Å². The summed E-state index contributed by atoms with van der Waals surface area (Å²) in [5.74, 6) is -2.46. The van der Waals surface area contributed by atoms with Gasteiger partial charge in [0.1, 0.15) is 36.3 Å². The molecule has 2 aromatic rings. The van der Waals surface area contributed by atoms with Crippen molar-refractivity contribution >= 4 is 35.0 Å². The number of esters is 2. The summed E-state index contributed by atoms with van der Waals surface area (Å²) < 4.78 is 43.8. The van der Waals surface area contributed by atoms with E-state index in [-0.39, 0.29) is 56.4 Å². The molecule has 18 nitrogen and oxygen atoms in total. The number of likely N-dealkylation sites (N-methyl/N-ethyl adjacent to an activating group) is 2. The Morgan fingerprint density at radius 1 is 1.00 bits per heavy atom. The molecule has 5 rings (SSSR count). The standard InChI is InChI=1S/C51H80N4O14/c1-11-41(59)66-39-27-40(58)53-35(17-15-16-33-20-23-52-37-19-14-13-18-36(33)37)21-24-55(9)29-38(57)30(3)26-34(22-25-56)47(48(39)63-10)69-50-45(61)44(54(7)8)46(31(4)65-50)68-43-28-51(6,62)49(32(5)64-43)67-42(60)12-2/h13-14,18-20,23,25,30-32,34-35,38-39,43-50,57,61-62H,11-12,15-17,21-22,24,26-29H2,1-10H3,(H,53,58)/t30-,31?,32?,34+,35?,38+,39-,43+,44?,45?,46-,47+,48+,49+,50+,51?/m1/s1. The van der Waals surface area contributed by atoms with Crippen molar-refractivity contribution in [3.8, 4) is 0 Å². The van der Waals surface area contributed by atoms with Crippen LogP contribution >= 0.6 is 0 Å². The first-order chi connectivity index (χ1) is 32.8. The first-order valence-corrected chi connectivity index (χ1v) is 24.8. The van der Waals surface area contributed by atoms with Crippen molar-refractivity contribution in [3.63, 3.8) is 0 Å². The number of hydrogen-bond acceptors (Lipinski definition) is 17. The Labute approximate surface area is 408 Å². The van der Waals surface area contributed by atoms with Crippen LogP contribution < -0.4 is 5.32 Å². The monoisotopic (exact) mass is 973 g/mol. The summed E-state index contributed by atoms with van der Waals surface area (Å²) in [6.07, 6.45) is -5.89. The molecule has 0 saturated carbocycles.